The first-order valence-corrected chi connectivity index (χ1v) is 25.3. The Morgan fingerprint density at radius 2 is 0.894 bits per heavy atom. The summed E-state index contributed by atoms with van der Waals surface area (Å²) < 4.78 is 41.1. The molecule has 2 aliphatic heterocycles. The molecule has 452 valence electrons. The Balaban J connectivity index is 0.000000288. The van der Waals surface area contributed by atoms with Crippen LogP contribution < -0.4 is 9.47 Å². The van der Waals surface area contributed by atoms with E-state index in [0.717, 1.165) is 45.7 Å². The van der Waals surface area contributed by atoms with Gasteiger partial charge in [0.1, 0.15) is 48.6 Å². The second-order valence-electron chi connectivity index (χ2n) is 16.9. The maximum Gasteiger partial charge on any atom is 0.291 e. The number of rotatable bonds is 14. The zero-order valence-corrected chi connectivity index (χ0v) is 47.2. The number of aryl methyl sites for hydroxylation is 2. The molecule has 4 aromatic carbocycles. The monoisotopic (exact) mass is 1260 g/mol. The molecule has 2 saturated heterocycles. The van der Waals surface area contributed by atoms with Gasteiger partial charge in [-0.1, -0.05) is 58.5 Å². The number of benzene rings is 4. The lowest BCUT2D eigenvalue weighted by Gasteiger charge is -2.30. The molecule has 2 aliphatic rings. The smallest absolute Gasteiger partial charge is 0.291 e. The van der Waals surface area contributed by atoms with E-state index in [-0.39, 0.29) is 17.7 Å². The highest BCUT2D eigenvalue weighted by molar-refractivity contribution is 6.35. The fourth-order valence-electron chi connectivity index (χ4n) is 7.81. The Labute approximate surface area is 499 Å². The zero-order valence-electron chi connectivity index (χ0n) is 44.1. The van der Waals surface area contributed by atoms with Crippen molar-refractivity contribution >= 4 is 46.4 Å². The van der Waals surface area contributed by atoms with Gasteiger partial charge in [-0.25, -0.2) is 29.9 Å². The molecule has 0 spiro atoms. The van der Waals surface area contributed by atoms with Gasteiger partial charge in [0.25, 0.3) is 20.3 Å². The van der Waals surface area contributed by atoms with Crippen LogP contribution >= 0.6 is 46.4 Å². The van der Waals surface area contributed by atoms with Gasteiger partial charge in [-0.2, -0.15) is 0 Å². The second kappa shape index (κ2) is 33.2. The molecule has 35 heteroatoms. The van der Waals surface area contributed by atoms with Crippen LogP contribution in [-0.2, 0) is 43.6 Å². The van der Waals surface area contributed by atoms with Crippen LogP contribution in [0, 0.1) is 54.3 Å². The van der Waals surface area contributed by atoms with Gasteiger partial charge in [-0.3, -0.25) is 0 Å². The van der Waals surface area contributed by atoms with Crippen molar-refractivity contribution in [2.45, 2.75) is 50.7 Å². The van der Waals surface area contributed by atoms with Crippen LogP contribution in [0.1, 0.15) is 22.8 Å². The predicted octanol–water partition coefficient (Wildman–Crippen LogP) is 8.39. The number of imidazole rings is 2. The van der Waals surface area contributed by atoms with Crippen molar-refractivity contribution in [2.75, 3.05) is 26.4 Å². The third kappa shape index (κ3) is 22.5. The molecular formula is C50H50Cl4N12O19. The number of aromatic nitrogens is 8. The van der Waals surface area contributed by atoms with E-state index < -0.39 is 31.9 Å². The van der Waals surface area contributed by atoms with Gasteiger partial charge in [-0.15, -0.1) is 40.5 Å². The summed E-state index contributed by atoms with van der Waals surface area (Å²) in [6.45, 7) is 5.86. The molecule has 6 N–H and O–H groups in total. The van der Waals surface area contributed by atoms with Gasteiger partial charge in [-0.05, 0) is 98.8 Å². The van der Waals surface area contributed by atoms with Crippen LogP contribution in [0.2, 0.25) is 20.1 Å². The van der Waals surface area contributed by atoms with E-state index in [4.69, 9.17) is 136 Å². The average molecular weight is 1260 g/mol. The highest BCUT2D eigenvalue weighted by Crippen LogP contribution is 2.42. The summed E-state index contributed by atoms with van der Waals surface area (Å²) in [5.41, 5.74) is 5.15. The lowest BCUT2D eigenvalue weighted by Crippen LogP contribution is -2.34. The predicted molar refractivity (Wildman–Crippen MR) is 297 cm³/mol. The summed E-state index contributed by atoms with van der Waals surface area (Å²) in [5.74, 6) is 0.771. The maximum atomic E-state index is 8.36. The minimum Gasteiger partial charge on any atom is -0.491 e. The summed E-state index contributed by atoms with van der Waals surface area (Å²) in [6.07, 6.45) is 13.5. The Morgan fingerprint density at radius 3 is 1.19 bits per heavy atom. The first kappa shape index (κ1) is 68.3. The lowest BCUT2D eigenvalue weighted by molar-refractivity contribution is -0.742. The fourth-order valence-corrected chi connectivity index (χ4v) is 8.91. The summed E-state index contributed by atoms with van der Waals surface area (Å²) in [4.78, 5) is 58.9. The molecule has 4 aromatic heterocycles. The molecule has 0 saturated carbocycles. The number of hydrogen-bond donors (Lipinski definition) is 4. The van der Waals surface area contributed by atoms with Gasteiger partial charge in [0.2, 0.25) is 11.6 Å². The Morgan fingerprint density at radius 1 is 0.553 bits per heavy atom. The van der Waals surface area contributed by atoms with Crippen molar-refractivity contribution < 1.29 is 75.1 Å². The largest absolute Gasteiger partial charge is 0.491 e. The van der Waals surface area contributed by atoms with Crippen molar-refractivity contribution in [2.24, 2.45) is 0 Å². The van der Waals surface area contributed by atoms with E-state index >= 15 is 0 Å². The Bertz CT molecular complexity index is 3140. The second-order valence-corrected chi connectivity index (χ2v) is 18.6. The van der Waals surface area contributed by atoms with Crippen LogP contribution in [-0.4, -0.2) is 124 Å². The summed E-state index contributed by atoms with van der Waals surface area (Å²) in [7, 11) is 0. The third-order valence-electron chi connectivity index (χ3n) is 11.0. The molecule has 6 heterocycles. The fraction of sp³-hybridized carbons (Fsp3) is 0.240. The van der Waals surface area contributed by atoms with Gasteiger partial charge in [0, 0.05) is 69.5 Å². The number of nitrogens with zero attached hydrogens (tertiary/aromatic N) is 12. The molecule has 4 atom stereocenters. The van der Waals surface area contributed by atoms with Crippen LogP contribution in [0.4, 0.5) is 0 Å². The van der Waals surface area contributed by atoms with Gasteiger partial charge < -0.3 is 63.9 Å². The van der Waals surface area contributed by atoms with Crippen molar-refractivity contribution in [3.8, 4) is 34.0 Å². The van der Waals surface area contributed by atoms with E-state index in [1.165, 1.54) is 0 Å². The average Bonchev–Trinajstić information content (AvgIpc) is 1.96. The minimum absolute atomic E-state index is 0. The van der Waals surface area contributed by atoms with Gasteiger partial charge in [0.05, 0.1) is 60.4 Å². The van der Waals surface area contributed by atoms with Crippen molar-refractivity contribution in [3.05, 3.63) is 230 Å². The molecule has 0 aliphatic carbocycles. The highest BCUT2D eigenvalue weighted by atomic mass is 35.5. The maximum absolute atomic E-state index is 8.36. The molecule has 0 bridgehead atoms. The summed E-state index contributed by atoms with van der Waals surface area (Å²) >= 11 is 25.3. The molecular weight excluding hydrogens is 1210 g/mol. The number of halogens is 4. The first-order valence-electron chi connectivity index (χ1n) is 23.8. The molecule has 0 radical (unpaired) electrons. The topological polar surface area (TPSA) is 428 Å². The lowest BCUT2D eigenvalue weighted by atomic mass is 10.1. The van der Waals surface area contributed by atoms with Crippen LogP contribution in [0.25, 0.3) is 22.5 Å². The molecule has 4 unspecified atom stereocenters. The van der Waals surface area contributed by atoms with Gasteiger partial charge in [0.15, 0.2) is 0 Å². The third-order valence-corrected chi connectivity index (χ3v) is 12.1. The van der Waals surface area contributed by atoms with Crippen molar-refractivity contribution in [1.29, 1.82) is 0 Å². The van der Waals surface area contributed by atoms with Gasteiger partial charge >= 0.3 is 0 Å². The highest BCUT2D eigenvalue weighted by Gasteiger charge is 2.46. The van der Waals surface area contributed by atoms with Crippen molar-refractivity contribution in [3.63, 3.8) is 0 Å². The minimum atomic E-state index is -1.50. The Kier molecular flexibility index (Phi) is 26.7. The molecule has 31 nitrogen and oxygen atoms in total. The molecule has 2 fully saturated rings. The quantitative estimate of drug-likeness (QED) is 0.0586. The summed E-state index contributed by atoms with van der Waals surface area (Å²) in [6, 6.07) is 29.9. The molecule has 85 heavy (non-hydrogen) atoms. The van der Waals surface area contributed by atoms with E-state index in [2.05, 4.69) is 29.9 Å². The van der Waals surface area contributed by atoms with Crippen molar-refractivity contribution in [1.82, 2.24) is 39.0 Å². The molecule has 8 aromatic rings. The molecule has 10 rings (SSSR count). The zero-order chi connectivity index (χ0) is 61.4. The van der Waals surface area contributed by atoms with E-state index in [1.54, 1.807) is 61.7 Å². The SMILES string of the molecule is Cc1nccc(-c2ccc(OCC3COC(Cn4ccnc4)(c4ccc(Cl)cc4Cl)O3)cc2)n1.Cc1nccc(-c2ccc(OCC3COC(Cn4ccnc4)(c4ccc(Cl)cc4Cl)O3)cc2)n1.O.O=[N+]([O-])O.O=[N+]([O-])O.O=[N+]([O-])O.O=[N+]([O-])O. The molecule has 0 amide bonds. The number of hydrogen-bond acceptors (Lipinski definition) is 20. The first-order chi connectivity index (χ1) is 39.9. The standard InChI is InChI=1S/2C25H22Cl2N4O3.4HNO3.H2O/c2*1-17-29-9-8-24(30-17)18-2-5-20(6-3-18)32-13-21-14-33-25(34-21,15-31-11-10-28-16-31)22-7-4-19(26)12-23(22)27;4*2-1(3)4;/h2*2-12,16,21H,13-15H2,1H3;4*(H,2,3,4);1H2. The Hall–Kier alpha value is -9.18. The van der Waals surface area contributed by atoms with E-state index in [1.807, 2.05) is 108 Å². The van der Waals surface area contributed by atoms with Crippen LogP contribution in [0.3, 0.4) is 0 Å². The van der Waals surface area contributed by atoms with Crippen LogP contribution in [0.15, 0.2) is 147 Å². The normalized spacial score (nSPS) is 17.1. The van der Waals surface area contributed by atoms with E-state index in [0.29, 0.717) is 70.7 Å². The van der Waals surface area contributed by atoms with E-state index in [9.17, 15) is 0 Å². The number of ether oxygens (including phenoxy) is 6. The van der Waals surface area contributed by atoms with Crippen LogP contribution in [0.5, 0.6) is 11.5 Å². The summed E-state index contributed by atoms with van der Waals surface area (Å²) in [5, 5.41) is 56.6.